The number of benzene rings is 7. The highest BCUT2D eigenvalue weighted by Gasteiger charge is 2.40. The molecule has 1 aliphatic rings. The molecule has 9 rings (SSSR count). The highest BCUT2D eigenvalue weighted by molar-refractivity contribution is 7.94. The first-order valence-electron chi connectivity index (χ1n) is 19.1. The largest absolute Gasteiger partial charge is 0.378 e. The lowest BCUT2D eigenvalue weighted by Crippen LogP contribution is -2.28. The number of fused-ring (bicyclic) bond motifs is 6. The van der Waals surface area contributed by atoms with E-state index in [0.29, 0.717) is 33.7 Å². The average Bonchev–Trinajstić information content (AvgIpc) is 3.81. The van der Waals surface area contributed by atoms with Gasteiger partial charge in [-0.2, -0.15) is 25.3 Å². The standard InChI is InChI=1S/C44H34N4O12S4/c1-25-9-15-30(16-10-25)63(53,54)57-37-24-36(48-46-41-33-19-14-29(61-60-59-49)21-28(33)22-39(42(41)47-48)62(50,51)52)38(58-64(55,56)31-17-11-26(2)12-18-31)23-34(37)43-44(3,4)40-32-8-6-5-7-27(32)13-20-35(40)45-43/h5-24,49H,1-4H3,(H,50,51,52). The molecule has 0 unspecified atom stereocenters. The van der Waals surface area contributed by atoms with Crippen molar-refractivity contribution in [3.63, 3.8) is 0 Å². The number of aryl methyl sites for hydroxylation is 2. The monoisotopic (exact) mass is 938 g/mol. The van der Waals surface area contributed by atoms with Gasteiger partial charge in [0.05, 0.1) is 23.4 Å². The van der Waals surface area contributed by atoms with Crippen LogP contribution in [0, 0.1) is 13.8 Å². The summed E-state index contributed by atoms with van der Waals surface area (Å²) in [4.78, 5) is 5.16. The van der Waals surface area contributed by atoms with Crippen LogP contribution in [0.25, 0.3) is 38.3 Å². The summed E-state index contributed by atoms with van der Waals surface area (Å²) in [6.45, 7) is 7.38. The third kappa shape index (κ3) is 7.77. The molecule has 326 valence electrons. The van der Waals surface area contributed by atoms with E-state index in [1.54, 1.807) is 50.2 Å². The number of nitrogens with zero attached hydrogens (tertiary/aromatic N) is 4. The second-order valence-corrected chi connectivity index (χ2v) is 20.7. The molecule has 0 spiro atoms. The van der Waals surface area contributed by atoms with Gasteiger partial charge in [0.1, 0.15) is 31.4 Å². The fourth-order valence-corrected chi connectivity index (χ4v) is 10.6. The predicted molar refractivity (Wildman–Crippen MR) is 238 cm³/mol. The predicted octanol–water partition coefficient (Wildman–Crippen LogP) is 8.97. The molecule has 0 saturated carbocycles. The first-order chi connectivity index (χ1) is 30.3. The molecule has 2 heterocycles. The summed E-state index contributed by atoms with van der Waals surface area (Å²) >= 11 is 0.604. The van der Waals surface area contributed by atoms with Gasteiger partial charge in [-0.15, -0.1) is 19.3 Å². The number of aromatic nitrogens is 3. The highest BCUT2D eigenvalue weighted by Crippen LogP contribution is 2.49. The second kappa shape index (κ2) is 15.8. The zero-order valence-electron chi connectivity index (χ0n) is 33.9. The molecule has 8 aromatic rings. The molecule has 1 aromatic heterocycles. The summed E-state index contributed by atoms with van der Waals surface area (Å²) in [5.74, 6) is -0.749. The first kappa shape index (κ1) is 43.0. The summed E-state index contributed by atoms with van der Waals surface area (Å²) in [5.41, 5.74) is 1.67. The molecule has 0 saturated heterocycles. The fourth-order valence-electron chi connectivity index (χ4n) is 7.70. The fraction of sp³-hybridized carbons (Fsp3) is 0.114. The van der Waals surface area contributed by atoms with E-state index in [1.807, 2.05) is 50.2 Å². The second-order valence-electron chi connectivity index (χ2n) is 15.4. The van der Waals surface area contributed by atoms with Crippen LogP contribution < -0.4 is 8.37 Å². The Labute approximate surface area is 370 Å². The van der Waals surface area contributed by atoms with Crippen LogP contribution in [0.3, 0.4) is 0 Å². The molecule has 2 N–H and O–H groups in total. The Kier molecular flexibility index (Phi) is 10.6. The van der Waals surface area contributed by atoms with E-state index >= 15 is 0 Å². The molecule has 7 aromatic carbocycles. The lowest BCUT2D eigenvalue weighted by atomic mass is 9.77. The van der Waals surface area contributed by atoms with E-state index < -0.39 is 46.4 Å². The average molecular weight is 939 g/mol. The lowest BCUT2D eigenvalue weighted by molar-refractivity contribution is -0.432. The molecule has 20 heteroatoms. The van der Waals surface area contributed by atoms with Crippen LogP contribution in [0.4, 0.5) is 5.69 Å². The van der Waals surface area contributed by atoms with Crippen molar-refractivity contribution in [1.29, 1.82) is 0 Å². The van der Waals surface area contributed by atoms with Gasteiger partial charge in [-0.05, 0) is 90.2 Å². The molecular weight excluding hydrogens is 905 g/mol. The summed E-state index contributed by atoms with van der Waals surface area (Å²) < 4.78 is 109. The quantitative estimate of drug-likeness (QED) is 0.0383. The minimum absolute atomic E-state index is 0.0405. The van der Waals surface area contributed by atoms with Gasteiger partial charge in [0.15, 0.2) is 11.5 Å². The van der Waals surface area contributed by atoms with Gasteiger partial charge < -0.3 is 8.37 Å². The van der Waals surface area contributed by atoms with Crippen LogP contribution in [0.15, 0.2) is 146 Å². The number of aliphatic imine (C=N–C) groups is 1. The molecule has 0 amide bonds. The van der Waals surface area contributed by atoms with Crippen LogP contribution in [0.2, 0.25) is 0 Å². The summed E-state index contributed by atoms with van der Waals surface area (Å²) in [6, 6.07) is 31.5. The summed E-state index contributed by atoms with van der Waals surface area (Å²) in [6.07, 6.45) is 0. The van der Waals surface area contributed by atoms with E-state index in [0.717, 1.165) is 38.3 Å². The normalized spacial score (nSPS) is 13.9. The summed E-state index contributed by atoms with van der Waals surface area (Å²) in [7, 11) is -14.3. The van der Waals surface area contributed by atoms with E-state index in [4.69, 9.17) is 18.6 Å². The van der Waals surface area contributed by atoms with Crippen molar-refractivity contribution in [2.24, 2.45) is 4.99 Å². The van der Waals surface area contributed by atoms with Crippen LogP contribution in [0.5, 0.6) is 11.5 Å². The molecule has 16 nitrogen and oxygen atoms in total. The van der Waals surface area contributed by atoms with Gasteiger partial charge in [0.25, 0.3) is 10.1 Å². The molecule has 0 aliphatic carbocycles. The van der Waals surface area contributed by atoms with Crippen molar-refractivity contribution in [3.05, 3.63) is 144 Å². The molecule has 1 aliphatic heterocycles. The smallest absolute Gasteiger partial charge is 0.339 e. The number of hydrogen-bond donors (Lipinski definition) is 2. The molecule has 0 fully saturated rings. The van der Waals surface area contributed by atoms with Gasteiger partial charge in [-0.3, -0.25) is 9.55 Å². The maximum atomic E-state index is 14.2. The van der Waals surface area contributed by atoms with Gasteiger partial charge in [0, 0.05) is 27.3 Å². The van der Waals surface area contributed by atoms with Crippen molar-refractivity contribution >= 4 is 86.4 Å². The van der Waals surface area contributed by atoms with E-state index in [2.05, 4.69) is 19.6 Å². The number of rotatable bonds is 12. The first-order valence-corrected chi connectivity index (χ1v) is 24.1. The van der Waals surface area contributed by atoms with E-state index in [-0.39, 0.29) is 43.2 Å². The van der Waals surface area contributed by atoms with Crippen molar-refractivity contribution < 1.29 is 52.8 Å². The minimum atomic E-state index is -5.00. The Morgan fingerprint density at radius 3 is 1.92 bits per heavy atom. The Hall–Kier alpha value is -6.23. The van der Waals surface area contributed by atoms with Crippen molar-refractivity contribution in [2.75, 3.05) is 0 Å². The maximum absolute atomic E-state index is 14.2. The van der Waals surface area contributed by atoms with Crippen molar-refractivity contribution in [3.8, 4) is 17.2 Å². The van der Waals surface area contributed by atoms with Crippen LogP contribution >= 0.6 is 12.0 Å². The Morgan fingerprint density at radius 2 is 1.28 bits per heavy atom. The van der Waals surface area contributed by atoms with E-state index in [1.165, 1.54) is 42.5 Å². The van der Waals surface area contributed by atoms with E-state index in [9.17, 15) is 29.8 Å². The van der Waals surface area contributed by atoms with Gasteiger partial charge in [-0.25, -0.2) is 5.26 Å². The Balaban J connectivity index is 1.33. The number of hydrogen-bond acceptors (Lipinski definition) is 15. The molecule has 0 radical (unpaired) electrons. The Morgan fingerprint density at radius 1 is 0.656 bits per heavy atom. The lowest BCUT2D eigenvalue weighted by Gasteiger charge is -2.26. The molecule has 0 bridgehead atoms. The van der Waals surface area contributed by atoms with Gasteiger partial charge in [0.2, 0.25) is 0 Å². The molecular formula is C44H34N4O12S4. The van der Waals surface area contributed by atoms with Crippen molar-refractivity contribution in [1.82, 2.24) is 15.0 Å². The summed E-state index contributed by atoms with van der Waals surface area (Å²) in [5, 5.41) is 23.8. The maximum Gasteiger partial charge on any atom is 0.339 e. The topological polar surface area (TPSA) is 223 Å². The third-order valence-electron chi connectivity index (χ3n) is 10.8. The minimum Gasteiger partial charge on any atom is -0.378 e. The van der Waals surface area contributed by atoms with Crippen LogP contribution in [-0.4, -0.2) is 55.8 Å². The Bertz CT molecular complexity index is 3600. The SMILES string of the molecule is Cc1ccc(S(=O)(=O)Oc2cc(-n3nc4c(S(=O)(=O)O)cc5cc(SOOO)ccc5c4n3)c(OS(=O)(=O)c3ccc(C)cc3)cc2C2=Nc3ccc4ccccc4c3C2(C)C)cc1. The highest BCUT2D eigenvalue weighted by atomic mass is 32.2. The van der Waals surface area contributed by atoms with Crippen molar-refractivity contribution in [2.45, 2.75) is 52.7 Å². The van der Waals surface area contributed by atoms with Gasteiger partial charge in [-0.1, -0.05) is 90.7 Å². The van der Waals surface area contributed by atoms with Crippen LogP contribution in [-0.2, 0) is 45.1 Å². The zero-order chi connectivity index (χ0) is 45.3. The van der Waals surface area contributed by atoms with Crippen LogP contribution in [0.1, 0.15) is 36.1 Å². The molecule has 0 atom stereocenters. The van der Waals surface area contributed by atoms with Gasteiger partial charge >= 0.3 is 20.2 Å². The molecule has 64 heavy (non-hydrogen) atoms. The zero-order valence-corrected chi connectivity index (χ0v) is 37.2. The third-order valence-corrected chi connectivity index (χ3v) is 14.7.